The van der Waals surface area contributed by atoms with Gasteiger partial charge in [0.05, 0.1) is 10.7 Å². The number of nitrogens with one attached hydrogen (secondary N) is 1. The first-order valence-corrected chi connectivity index (χ1v) is 10.2. The fourth-order valence-electron chi connectivity index (χ4n) is 2.44. The number of hydrogen-bond acceptors (Lipinski definition) is 4. The highest BCUT2D eigenvalue weighted by molar-refractivity contribution is 6.34. The van der Waals surface area contributed by atoms with E-state index in [0.717, 1.165) is 5.56 Å². The Kier molecular flexibility index (Phi) is 8.96. The van der Waals surface area contributed by atoms with Crippen LogP contribution in [0.2, 0.25) is 5.02 Å². The lowest BCUT2D eigenvalue weighted by Crippen LogP contribution is -2.38. The van der Waals surface area contributed by atoms with Gasteiger partial charge < -0.3 is 25.4 Å². The van der Waals surface area contributed by atoms with E-state index in [1.54, 1.807) is 37.8 Å². The number of halogens is 1. The van der Waals surface area contributed by atoms with Gasteiger partial charge in [0.2, 0.25) is 5.96 Å². The Hall–Kier alpha value is -2.48. The summed E-state index contributed by atoms with van der Waals surface area (Å²) in [5.41, 5.74) is 6.35. The molecule has 0 aliphatic heterocycles. The maximum Gasteiger partial charge on any atom is 0.437 e. The molecule has 0 saturated carbocycles. The van der Waals surface area contributed by atoms with E-state index in [1.807, 2.05) is 33.8 Å². The average molecular weight is 441 g/mol. The van der Waals surface area contributed by atoms with Gasteiger partial charge >= 0.3 is 12.2 Å². The first-order valence-electron chi connectivity index (χ1n) is 9.82. The van der Waals surface area contributed by atoms with E-state index >= 15 is 0 Å². The number of benzene rings is 1. The number of carbonyl (C=O) groups is 2. The number of anilines is 1. The van der Waals surface area contributed by atoms with Gasteiger partial charge in [0.25, 0.3) is 0 Å². The largest absolute Gasteiger partial charge is 0.444 e. The maximum absolute atomic E-state index is 11.9. The second-order valence-electron chi connectivity index (χ2n) is 8.66. The maximum atomic E-state index is 11.9. The molecule has 0 bridgehead atoms. The van der Waals surface area contributed by atoms with Crippen molar-refractivity contribution in [1.29, 1.82) is 0 Å². The molecule has 9 heteroatoms. The van der Waals surface area contributed by atoms with E-state index in [1.165, 1.54) is 0 Å². The monoisotopic (exact) mass is 440 g/mol. The van der Waals surface area contributed by atoms with E-state index in [-0.39, 0.29) is 5.96 Å². The molecule has 0 saturated heterocycles. The highest BCUT2D eigenvalue weighted by Crippen LogP contribution is 2.27. The quantitative estimate of drug-likeness (QED) is 0.516. The van der Waals surface area contributed by atoms with Gasteiger partial charge in [-0.1, -0.05) is 17.7 Å². The highest BCUT2D eigenvalue weighted by Gasteiger charge is 2.19. The number of nitrogens with zero attached hydrogens (tertiary/aromatic N) is 2. The fourth-order valence-corrected chi connectivity index (χ4v) is 2.75. The van der Waals surface area contributed by atoms with Gasteiger partial charge in [-0.05, 0) is 72.6 Å². The van der Waals surface area contributed by atoms with Gasteiger partial charge in [-0.3, -0.25) is 0 Å². The summed E-state index contributed by atoms with van der Waals surface area (Å²) in [5, 5.41) is 3.16. The number of rotatable bonds is 5. The molecular weight excluding hydrogens is 408 g/mol. The fraction of sp³-hybridized carbons (Fsp3) is 0.571. The predicted octanol–water partition coefficient (Wildman–Crippen LogP) is 4.48. The van der Waals surface area contributed by atoms with Gasteiger partial charge in [-0.25, -0.2) is 9.59 Å². The molecule has 0 atom stereocenters. The Morgan fingerprint density at radius 3 is 2.23 bits per heavy atom. The third-order valence-electron chi connectivity index (χ3n) is 3.58. The number of hydrogen-bond donors (Lipinski definition) is 2. The first-order chi connectivity index (χ1) is 13.7. The Bertz CT molecular complexity index is 782. The van der Waals surface area contributed by atoms with Crippen molar-refractivity contribution in [3.8, 4) is 0 Å². The number of aliphatic imine (C=N–C) groups is 1. The molecule has 30 heavy (non-hydrogen) atoms. The zero-order valence-electron chi connectivity index (χ0n) is 18.8. The summed E-state index contributed by atoms with van der Waals surface area (Å²) in [5.74, 6) is -0.00649. The van der Waals surface area contributed by atoms with Gasteiger partial charge in [0.15, 0.2) is 0 Å². The molecule has 168 valence electrons. The zero-order valence-corrected chi connectivity index (χ0v) is 19.6. The van der Waals surface area contributed by atoms with Crippen molar-refractivity contribution in [2.75, 3.05) is 18.0 Å². The average Bonchev–Trinajstić information content (AvgIpc) is 2.53. The molecule has 0 unspecified atom stereocenters. The van der Waals surface area contributed by atoms with Crippen LogP contribution in [0.3, 0.4) is 0 Å². The number of alkyl carbamates (subject to hydrolysis) is 1. The molecule has 1 aromatic carbocycles. The highest BCUT2D eigenvalue weighted by atomic mass is 35.5. The molecule has 0 aliphatic rings. The molecule has 3 N–H and O–H groups in total. The summed E-state index contributed by atoms with van der Waals surface area (Å²) in [6.07, 6.45) is -0.653. The summed E-state index contributed by atoms with van der Waals surface area (Å²) in [4.78, 5) is 29.1. The van der Waals surface area contributed by atoms with E-state index in [2.05, 4.69) is 10.3 Å². The Labute approximate surface area is 183 Å². The van der Waals surface area contributed by atoms with Crippen molar-refractivity contribution in [2.24, 2.45) is 10.7 Å². The van der Waals surface area contributed by atoms with E-state index < -0.39 is 23.4 Å². The van der Waals surface area contributed by atoms with Gasteiger partial charge in [-0.2, -0.15) is 0 Å². The minimum Gasteiger partial charge on any atom is -0.444 e. The second kappa shape index (κ2) is 10.5. The Morgan fingerprint density at radius 2 is 1.73 bits per heavy atom. The van der Waals surface area contributed by atoms with Gasteiger partial charge in [0.1, 0.15) is 11.2 Å². The minimum atomic E-state index is -0.764. The van der Waals surface area contributed by atoms with Crippen LogP contribution < -0.4 is 16.0 Å². The lowest BCUT2D eigenvalue weighted by Gasteiger charge is -2.24. The molecule has 0 radical (unpaired) electrons. The van der Waals surface area contributed by atoms with Gasteiger partial charge in [-0.15, -0.1) is 4.99 Å². The summed E-state index contributed by atoms with van der Waals surface area (Å²) in [6, 6.07) is 5.46. The van der Waals surface area contributed by atoms with E-state index in [4.69, 9.17) is 26.8 Å². The lowest BCUT2D eigenvalue weighted by atomic mass is 10.1. The van der Waals surface area contributed by atoms with Crippen LogP contribution in [-0.4, -0.2) is 42.4 Å². The Morgan fingerprint density at radius 1 is 1.13 bits per heavy atom. The molecule has 8 nitrogen and oxygen atoms in total. The minimum absolute atomic E-state index is 0.00649. The van der Waals surface area contributed by atoms with Crippen LogP contribution in [0.4, 0.5) is 15.3 Å². The molecule has 1 aromatic rings. The molecule has 0 aromatic heterocycles. The summed E-state index contributed by atoms with van der Waals surface area (Å²) in [7, 11) is 0. The summed E-state index contributed by atoms with van der Waals surface area (Å²) in [6.45, 7) is 13.4. The van der Waals surface area contributed by atoms with Crippen LogP contribution in [0, 0.1) is 0 Å². The zero-order chi connectivity index (χ0) is 23.1. The van der Waals surface area contributed by atoms with Crippen molar-refractivity contribution in [3.05, 3.63) is 28.8 Å². The smallest absolute Gasteiger partial charge is 0.437 e. The Balaban J connectivity index is 2.81. The van der Waals surface area contributed by atoms with Crippen molar-refractivity contribution in [3.63, 3.8) is 0 Å². The number of guanidine groups is 1. The number of carbonyl (C=O) groups excluding carboxylic acids is 2. The van der Waals surface area contributed by atoms with Gasteiger partial charge in [0, 0.05) is 13.1 Å². The number of ether oxygens (including phenoxy) is 2. The molecular formula is C21H33ClN4O4. The molecule has 2 amide bonds. The first kappa shape index (κ1) is 25.6. The summed E-state index contributed by atoms with van der Waals surface area (Å²) >= 11 is 6.44. The van der Waals surface area contributed by atoms with Crippen LogP contribution >= 0.6 is 11.6 Å². The van der Waals surface area contributed by atoms with Crippen LogP contribution in [0.5, 0.6) is 0 Å². The predicted molar refractivity (Wildman–Crippen MR) is 120 cm³/mol. The molecule has 1 rings (SSSR count). The summed E-state index contributed by atoms with van der Waals surface area (Å²) < 4.78 is 10.4. The lowest BCUT2D eigenvalue weighted by molar-refractivity contribution is 0.0526. The van der Waals surface area contributed by atoms with Crippen LogP contribution in [-0.2, 0) is 15.9 Å². The number of nitrogens with two attached hydrogens (primary N) is 1. The third kappa shape index (κ3) is 9.35. The van der Waals surface area contributed by atoms with Crippen molar-refractivity contribution >= 4 is 35.4 Å². The van der Waals surface area contributed by atoms with Crippen LogP contribution in [0.25, 0.3) is 0 Å². The second-order valence-corrected chi connectivity index (χ2v) is 9.07. The topological polar surface area (TPSA) is 106 Å². The SMILES string of the molecule is CCN(C(N)=NC(=O)OC(C)(C)C)c1ccc(CCNC(=O)OC(C)(C)C)cc1Cl. The van der Waals surface area contributed by atoms with E-state index in [0.29, 0.717) is 30.2 Å². The van der Waals surface area contributed by atoms with Crippen LogP contribution in [0.1, 0.15) is 54.0 Å². The van der Waals surface area contributed by atoms with Crippen LogP contribution in [0.15, 0.2) is 23.2 Å². The molecule has 0 spiro atoms. The van der Waals surface area contributed by atoms with E-state index in [9.17, 15) is 9.59 Å². The molecule has 0 aliphatic carbocycles. The van der Waals surface area contributed by atoms with Crippen molar-refractivity contribution in [1.82, 2.24) is 5.32 Å². The standard InChI is InChI=1S/C21H33ClN4O4/c1-8-26(17(23)25-19(28)30-21(5,6)7)16-10-9-14(13-15(16)22)11-12-24-18(27)29-20(2,3)4/h9-10,13H,8,11-12H2,1-7H3,(H,24,27)(H2,23,25,28). The molecule has 0 heterocycles. The number of amides is 2. The third-order valence-corrected chi connectivity index (χ3v) is 3.88. The molecule has 0 fully saturated rings. The normalized spacial score (nSPS) is 12.3. The van der Waals surface area contributed by atoms with Crippen molar-refractivity contribution < 1.29 is 19.1 Å². The van der Waals surface area contributed by atoms with Crippen molar-refractivity contribution in [2.45, 2.75) is 66.1 Å².